The Kier molecular flexibility index (Phi) is 4.76. The van der Waals surface area contributed by atoms with E-state index in [9.17, 15) is 8.42 Å². The van der Waals surface area contributed by atoms with Gasteiger partial charge in [-0.3, -0.25) is 4.68 Å². The third-order valence-corrected chi connectivity index (χ3v) is 4.75. The largest absolute Gasteiger partial charge is 0.313 e. The molecule has 0 fully saturated rings. The molecule has 1 atom stereocenters. The van der Waals surface area contributed by atoms with Crippen LogP contribution >= 0.6 is 0 Å². The van der Waals surface area contributed by atoms with Crippen LogP contribution in [-0.4, -0.2) is 25.2 Å². The molecule has 1 heterocycles. The normalized spacial score (nSPS) is 13.3. The van der Waals surface area contributed by atoms with Crippen molar-refractivity contribution in [3.63, 3.8) is 0 Å². The first-order chi connectivity index (χ1) is 9.92. The van der Waals surface area contributed by atoms with Crippen LogP contribution in [0.2, 0.25) is 0 Å². The van der Waals surface area contributed by atoms with Crippen LogP contribution in [0.25, 0.3) is 0 Å². The van der Waals surface area contributed by atoms with Crippen molar-refractivity contribution in [3.05, 3.63) is 47.8 Å². The Hall–Kier alpha value is -1.70. The van der Waals surface area contributed by atoms with E-state index in [1.54, 1.807) is 36.1 Å². The number of hydrogen-bond acceptors (Lipinski definition) is 4. The van der Waals surface area contributed by atoms with Gasteiger partial charge in [-0.25, -0.2) is 13.1 Å². The van der Waals surface area contributed by atoms with Crippen molar-refractivity contribution in [2.45, 2.75) is 24.4 Å². The summed E-state index contributed by atoms with van der Waals surface area (Å²) in [5.74, 6) is 0. The van der Waals surface area contributed by atoms with Crippen LogP contribution in [0.1, 0.15) is 24.2 Å². The highest BCUT2D eigenvalue weighted by Crippen LogP contribution is 2.16. The highest BCUT2D eigenvalue weighted by molar-refractivity contribution is 7.89. The van der Waals surface area contributed by atoms with Gasteiger partial charge in [0.15, 0.2) is 0 Å². The van der Waals surface area contributed by atoms with E-state index in [1.807, 2.05) is 26.1 Å². The lowest BCUT2D eigenvalue weighted by Gasteiger charge is -2.11. The lowest BCUT2D eigenvalue weighted by Crippen LogP contribution is -2.23. The molecule has 0 radical (unpaired) electrons. The predicted octanol–water partition coefficient (Wildman–Crippen LogP) is 1.18. The molecule has 6 nitrogen and oxygen atoms in total. The molecule has 1 unspecified atom stereocenters. The van der Waals surface area contributed by atoms with Gasteiger partial charge in [-0.05, 0) is 37.7 Å². The Balaban J connectivity index is 2.08. The van der Waals surface area contributed by atoms with Crippen molar-refractivity contribution in [2.75, 3.05) is 7.05 Å². The molecule has 1 aromatic carbocycles. The average Bonchev–Trinajstić information content (AvgIpc) is 2.90. The SMILES string of the molecule is CNC(C)c1ccc(S(=O)(=O)NCc2ccn(C)n2)cc1. The molecule has 2 rings (SSSR count). The van der Waals surface area contributed by atoms with Crippen molar-refractivity contribution < 1.29 is 8.42 Å². The van der Waals surface area contributed by atoms with Crippen molar-refractivity contribution in [1.29, 1.82) is 0 Å². The predicted molar refractivity (Wildman–Crippen MR) is 81.2 cm³/mol. The minimum Gasteiger partial charge on any atom is -0.313 e. The summed E-state index contributed by atoms with van der Waals surface area (Å²) in [6.07, 6.45) is 1.78. The maximum atomic E-state index is 12.2. The number of aromatic nitrogens is 2. The van der Waals surface area contributed by atoms with E-state index in [1.165, 1.54) is 0 Å². The number of nitrogens with one attached hydrogen (secondary N) is 2. The van der Waals surface area contributed by atoms with Gasteiger partial charge in [0.25, 0.3) is 0 Å². The second-order valence-corrected chi connectivity index (χ2v) is 6.65. The fraction of sp³-hybridized carbons (Fsp3) is 0.357. The van der Waals surface area contributed by atoms with Crippen LogP contribution in [0.5, 0.6) is 0 Å². The zero-order valence-corrected chi connectivity index (χ0v) is 13.2. The van der Waals surface area contributed by atoms with E-state index in [4.69, 9.17) is 0 Å². The maximum absolute atomic E-state index is 12.2. The maximum Gasteiger partial charge on any atom is 0.240 e. The Morgan fingerprint density at radius 3 is 2.43 bits per heavy atom. The van der Waals surface area contributed by atoms with Gasteiger partial charge in [0.2, 0.25) is 10.0 Å². The molecular weight excluding hydrogens is 288 g/mol. The quantitative estimate of drug-likeness (QED) is 0.840. The fourth-order valence-corrected chi connectivity index (χ4v) is 2.91. The van der Waals surface area contributed by atoms with E-state index in [-0.39, 0.29) is 17.5 Å². The van der Waals surface area contributed by atoms with Crippen LogP contribution in [-0.2, 0) is 23.6 Å². The molecule has 21 heavy (non-hydrogen) atoms. The van der Waals surface area contributed by atoms with Gasteiger partial charge in [0.05, 0.1) is 17.1 Å². The molecular formula is C14H20N4O2S. The third-order valence-electron chi connectivity index (χ3n) is 3.34. The number of aryl methyl sites for hydroxylation is 1. The van der Waals surface area contributed by atoms with Gasteiger partial charge >= 0.3 is 0 Å². The molecule has 0 bridgehead atoms. The summed E-state index contributed by atoms with van der Waals surface area (Å²) < 4.78 is 28.6. The lowest BCUT2D eigenvalue weighted by atomic mass is 10.1. The number of nitrogens with zero attached hydrogens (tertiary/aromatic N) is 2. The highest BCUT2D eigenvalue weighted by Gasteiger charge is 2.14. The topological polar surface area (TPSA) is 76.0 Å². The standard InChI is InChI=1S/C14H20N4O2S/c1-11(15-2)12-4-6-14(7-5-12)21(19,20)16-10-13-8-9-18(3)17-13/h4-9,11,15-16H,10H2,1-3H3. The summed E-state index contributed by atoms with van der Waals surface area (Å²) in [4.78, 5) is 0.255. The van der Waals surface area contributed by atoms with Crippen molar-refractivity contribution >= 4 is 10.0 Å². The van der Waals surface area contributed by atoms with Crippen LogP contribution in [0.4, 0.5) is 0 Å². The number of rotatable bonds is 6. The summed E-state index contributed by atoms with van der Waals surface area (Å²) in [5.41, 5.74) is 1.72. The Bertz CT molecular complexity index is 692. The monoisotopic (exact) mass is 308 g/mol. The highest BCUT2D eigenvalue weighted by atomic mass is 32.2. The van der Waals surface area contributed by atoms with Crippen LogP contribution in [0.3, 0.4) is 0 Å². The van der Waals surface area contributed by atoms with E-state index >= 15 is 0 Å². The number of sulfonamides is 1. The second kappa shape index (κ2) is 6.38. The van der Waals surface area contributed by atoms with Crippen molar-refractivity contribution in [1.82, 2.24) is 19.8 Å². The molecule has 0 aliphatic heterocycles. The molecule has 2 aromatic rings. The van der Waals surface area contributed by atoms with Crippen molar-refractivity contribution in [2.24, 2.45) is 7.05 Å². The lowest BCUT2D eigenvalue weighted by molar-refractivity contribution is 0.579. The summed E-state index contributed by atoms with van der Waals surface area (Å²) in [7, 11) is 0.138. The van der Waals surface area contributed by atoms with Crippen molar-refractivity contribution in [3.8, 4) is 0 Å². The first-order valence-electron chi connectivity index (χ1n) is 6.68. The molecule has 0 spiro atoms. The molecule has 0 amide bonds. The first-order valence-corrected chi connectivity index (χ1v) is 8.16. The van der Waals surface area contributed by atoms with E-state index in [2.05, 4.69) is 15.1 Å². The molecule has 2 N–H and O–H groups in total. The van der Waals surface area contributed by atoms with Gasteiger partial charge < -0.3 is 5.32 Å². The van der Waals surface area contributed by atoms with Gasteiger partial charge in [0, 0.05) is 19.3 Å². The van der Waals surface area contributed by atoms with Gasteiger partial charge in [-0.1, -0.05) is 12.1 Å². The molecule has 0 saturated heterocycles. The summed E-state index contributed by atoms with van der Waals surface area (Å²) in [6, 6.07) is 8.82. The van der Waals surface area contributed by atoms with Gasteiger partial charge in [-0.15, -0.1) is 0 Å². The van der Waals surface area contributed by atoms with E-state index in [0.29, 0.717) is 5.69 Å². The van der Waals surface area contributed by atoms with Gasteiger partial charge in [-0.2, -0.15) is 5.10 Å². The molecule has 114 valence electrons. The van der Waals surface area contributed by atoms with Gasteiger partial charge in [0.1, 0.15) is 0 Å². The molecule has 1 aromatic heterocycles. The first kappa shape index (κ1) is 15.7. The summed E-state index contributed by atoms with van der Waals surface area (Å²) in [6.45, 7) is 2.20. The van der Waals surface area contributed by atoms with Crippen LogP contribution in [0.15, 0.2) is 41.4 Å². The second-order valence-electron chi connectivity index (χ2n) is 4.88. The van der Waals surface area contributed by atoms with E-state index in [0.717, 1.165) is 5.56 Å². The summed E-state index contributed by atoms with van der Waals surface area (Å²) >= 11 is 0. The minimum atomic E-state index is -3.52. The summed E-state index contributed by atoms with van der Waals surface area (Å²) in [5, 5.41) is 7.25. The Morgan fingerprint density at radius 1 is 1.24 bits per heavy atom. The Morgan fingerprint density at radius 2 is 1.90 bits per heavy atom. The Labute approximate surface area is 125 Å². The number of hydrogen-bond donors (Lipinski definition) is 2. The molecule has 0 saturated carbocycles. The smallest absolute Gasteiger partial charge is 0.240 e. The van der Waals surface area contributed by atoms with Crippen LogP contribution < -0.4 is 10.0 Å². The molecule has 7 heteroatoms. The minimum absolute atomic E-state index is 0.178. The zero-order valence-electron chi connectivity index (χ0n) is 12.4. The van der Waals surface area contributed by atoms with Crippen LogP contribution in [0, 0.1) is 0 Å². The third kappa shape index (κ3) is 3.90. The molecule has 0 aliphatic carbocycles. The van der Waals surface area contributed by atoms with E-state index < -0.39 is 10.0 Å². The molecule has 0 aliphatic rings. The average molecular weight is 308 g/mol. The number of benzene rings is 1. The zero-order chi connectivity index (χ0) is 15.5. The fourth-order valence-electron chi connectivity index (χ4n) is 1.91.